The Morgan fingerprint density at radius 1 is 0.205 bits per heavy atom. The first kappa shape index (κ1) is 44.2. The summed E-state index contributed by atoms with van der Waals surface area (Å²) < 4.78 is 24.9. The van der Waals surface area contributed by atoms with Crippen LogP contribution in [-0.2, 0) is 0 Å². The third kappa shape index (κ3) is 10.1. The highest BCUT2D eigenvalue weighted by Crippen LogP contribution is 2.39. The van der Waals surface area contributed by atoms with Crippen molar-refractivity contribution < 1.29 is 14.2 Å². The van der Waals surface area contributed by atoms with Crippen molar-refractivity contribution in [1.82, 2.24) is 13.7 Å². The molecule has 0 bridgehead atoms. The second-order valence-corrected chi connectivity index (χ2v) is 17.6. The maximum atomic E-state index is 6.22. The first-order valence-corrected chi connectivity index (χ1v) is 24.3. The second kappa shape index (κ2) is 20.2. The molecule has 0 N–H and O–H groups in total. The van der Waals surface area contributed by atoms with Gasteiger partial charge in [-0.2, -0.15) is 0 Å². The van der Waals surface area contributed by atoms with Crippen LogP contribution in [0.25, 0.3) is 50.4 Å². The van der Waals surface area contributed by atoms with E-state index in [2.05, 4.69) is 164 Å². The van der Waals surface area contributed by atoms with Crippen LogP contribution in [0.3, 0.4) is 0 Å². The average Bonchev–Trinajstić information content (AvgIpc) is 4.30. The van der Waals surface area contributed by atoms with Crippen LogP contribution in [0, 0.1) is 0 Å². The van der Waals surface area contributed by atoms with E-state index < -0.39 is 0 Å². The summed E-state index contributed by atoms with van der Waals surface area (Å²) in [6.45, 7) is 0. The molecular weight excluding hydrogens is 897 g/mol. The van der Waals surface area contributed by atoms with Crippen LogP contribution in [0.15, 0.2) is 292 Å². The predicted octanol–water partition coefficient (Wildman–Crippen LogP) is 17.9. The Kier molecular flexibility index (Phi) is 12.2. The summed E-state index contributed by atoms with van der Waals surface area (Å²) in [6.07, 6.45) is 12.2. The molecule has 0 unspecified atom stereocenters. The summed E-state index contributed by atoms with van der Waals surface area (Å²) in [5, 5.41) is 0. The lowest BCUT2D eigenvalue weighted by Gasteiger charge is -2.26. The molecule has 7 nitrogen and oxygen atoms in total. The molecule has 0 atom stereocenters. The normalized spacial score (nSPS) is 11.0. The summed E-state index contributed by atoms with van der Waals surface area (Å²) in [6, 6.07) is 87.4. The highest BCUT2D eigenvalue weighted by atomic mass is 16.5. The quantitative estimate of drug-likeness (QED) is 0.103. The van der Waals surface area contributed by atoms with E-state index in [0.717, 1.165) is 102 Å². The summed E-state index contributed by atoms with van der Waals surface area (Å²) in [5.74, 6) is 4.72. The standard InChI is InChI=1S/C66H48N4O3/c1-2-44-67(43-1)55-25-37-64(38-26-55)71-61-31-13-52(14-32-61)49-7-19-58(20-8-49)70(59-21-9-50(10-22-59)53-15-33-62(34-16-53)72-65-39-27-56(28-40-65)68-45-3-4-46-68)60-23-11-51(12-24-60)54-17-35-63(36-18-54)73-66-41-29-57(30-42-66)69-47-5-6-48-69/h1-48H. The molecule has 0 aliphatic heterocycles. The molecule has 3 heterocycles. The van der Waals surface area contributed by atoms with Crippen LogP contribution in [0.2, 0.25) is 0 Å². The van der Waals surface area contributed by atoms with Gasteiger partial charge in [0.2, 0.25) is 0 Å². The molecule has 0 aliphatic carbocycles. The molecule has 12 rings (SSSR count). The molecule has 3 aromatic heterocycles. The summed E-state index contributed by atoms with van der Waals surface area (Å²) in [7, 11) is 0. The lowest BCUT2D eigenvalue weighted by Crippen LogP contribution is -2.09. The molecule has 0 aliphatic rings. The van der Waals surface area contributed by atoms with E-state index in [0.29, 0.717) is 0 Å². The third-order valence-electron chi connectivity index (χ3n) is 12.9. The van der Waals surface area contributed by atoms with Gasteiger partial charge in [0.25, 0.3) is 0 Å². The fraction of sp³-hybridized carbons (Fsp3) is 0. The van der Waals surface area contributed by atoms with Crippen molar-refractivity contribution >= 4 is 17.1 Å². The Labute approximate surface area is 424 Å². The smallest absolute Gasteiger partial charge is 0.127 e. The van der Waals surface area contributed by atoms with Gasteiger partial charge in [-0.15, -0.1) is 0 Å². The molecule has 0 amide bonds. The molecule has 0 saturated heterocycles. The highest BCUT2D eigenvalue weighted by molar-refractivity contribution is 5.81. The molecule has 0 saturated carbocycles. The Morgan fingerprint density at radius 3 is 0.589 bits per heavy atom. The minimum absolute atomic E-state index is 0.783. The Hall–Kier alpha value is -9.98. The van der Waals surface area contributed by atoms with Crippen molar-refractivity contribution in [2.45, 2.75) is 0 Å². The van der Waals surface area contributed by atoms with Crippen LogP contribution in [0.5, 0.6) is 34.5 Å². The van der Waals surface area contributed by atoms with Gasteiger partial charge in [0.05, 0.1) is 0 Å². The maximum Gasteiger partial charge on any atom is 0.127 e. The molecule has 350 valence electrons. The molecular formula is C66H48N4O3. The van der Waals surface area contributed by atoms with Crippen molar-refractivity contribution in [2.75, 3.05) is 4.90 Å². The van der Waals surface area contributed by atoms with Gasteiger partial charge in [-0.1, -0.05) is 72.8 Å². The van der Waals surface area contributed by atoms with Gasteiger partial charge in [-0.3, -0.25) is 0 Å². The van der Waals surface area contributed by atoms with E-state index in [1.165, 1.54) is 0 Å². The lowest BCUT2D eigenvalue weighted by atomic mass is 10.0. The van der Waals surface area contributed by atoms with Gasteiger partial charge < -0.3 is 32.8 Å². The van der Waals surface area contributed by atoms with Crippen LogP contribution < -0.4 is 19.1 Å². The first-order valence-electron chi connectivity index (χ1n) is 24.3. The zero-order valence-corrected chi connectivity index (χ0v) is 39.7. The number of nitrogens with zero attached hydrogens (tertiary/aromatic N) is 4. The minimum atomic E-state index is 0.783. The monoisotopic (exact) mass is 944 g/mol. The number of hydrogen-bond acceptors (Lipinski definition) is 4. The van der Waals surface area contributed by atoms with Gasteiger partial charge >= 0.3 is 0 Å². The topological polar surface area (TPSA) is 45.7 Å². The summed E-state index contributed by atoms with van der Waals surface area (Å²) in [4.78, 5) is 2.30. The fourth-order valence-corrected chi connectivity index (χ4v) is 8.99. The Bertz CT molecular complexity index is 3250. The maximum absolute atomic E-state index is 6.22. The third-order valence-corrected chi connectivity index (χ3v) is 12.9. The number of rotatable bonds is 15. The van der Waals surface area contributed by atoms with Crippen molar-refractivity contribution in [3.63, 3.8) is 0 Å². The zero-order valence-electron chi connectivity index (χ0n) is 39.7. The second-order valence-electron chi connectivity index (χ2n) is 17.6. The highest BCUT2D eigenvalue weighted by Gasteiger charge is 2.15. The molecule has 73 heavy (non-hydrogen) atoms. The summed E-state index contributed by atoms with van der Waals surface area (Å²) >= 11 is 0. The van der Waals surface area contributed by atoms with Gasteiger partial charge in [-0.05, 0) is 215 Å². The molecule has 0 spiro atoms. The molecule has 0 radical (unpaired) electrons. The number of anilines is 3. The number of benzene rings is 9. The number of hydrogen-bond donors (Lipinski definition) is 0. The predicted molar refractivity (Wildman–Crippen MR) is 295 cm³/mol. The van der Waals surface area contributed by atoms with E-state index >= 15 is 0 Å². The first-order chi connectivity index (χ1) is 36.1. The molecule has 9 aromatic carbocycles. The fourth-order valence-electron chi connectivity index (χ4n) is 8.99. The lowest BCUT2D eigenvalue weighted by molar-refractivity contribution is 0.482. The number of aromatic nitrogens is 3. The van der Waals surface area contributed by atoms with Crippen molar-refractivity contribution in [2.24, 2.45) is 0 Å². The van der Waals surface area contributed by atoms with Crippen molar-refractivity contribution in [3.05, 3.63) is 292 Å². The average molecular weight is 945 g/mol. The largest absolute Gasteiger partial charge is 0.457 e. The Balaban J connectivity index is 0.769. The van der Waals surface area contributed by atoms with E-state index in [1.807, 2.05) is 146 Å². The van der Waals surface area contributed by atoms with E-state index in [1.54, 1.807) is 0 Å². The van der Waals surface area contributed by atoms with Crippen LogP contribution in [0.1, 0.15) is 0 Å². The van der Waals surface area contributed by atoms with Gasteiger partial charge in [-0.25, -0.2) is 0 Å². The van der Waals surface area contributed by atoms with Crippen LogP contribution in [-0.4, -0.2) is 13.7 Å². The SMILES string of the molecule is c1ccn(-c2ccc(Oc3ccc(-c4ccc(N(c5ccc(-c6ccc(Oc7ccc(-n8cccc8)cc7)cc6)cc5)c5ccc(-c6ccc(Oc7ccc(-n8cccc8)cc7)cc6)cc5)cc4)cc3)cc2)c1. The molecule has 0 fully saturated rings. The zero-order chi connectivity index (χ0) is 48.8. The van der Waals surface area contributed by atoms with Gasteiger partial charge in [0.1, 0.15) is 34.5 Å². The van der Waals surface area contributed by atoms with Gasteiger partial charge in [0.15, 0.2) is 0 Å². The molecule has 7 heteroatoms. The minimum Gasteiger partial charge on any atom is -0.457 e. The van der Waals surface area contributed by atoms with E-state index in [-0.39, 0.29) is 0 Å². The van der Waals surface area contributed by atoms with Crippen LogP contribution in [0.4, 0.5) is 17.1 Å². The van der Waals surface area contributed by atoms with Crippen LogP contribution >= 0.6 is 0 Å². The van der Waals surface area contributed by atoms with E-state index in [4.69, 9.17) is 14.2 Å². The van der Waals surface area contributed by atoms with Crippen molar-refractivity contribution in [1.29, 1.82) is 0 Å². The van der Waals surface area contributed by atoms with Gasteiger partial charge in [0, 0.05) is 71.3 Å². The Morgan fingerprint density at radius 2 is 0.384 bits per heavy atom. The molecule has 12 aromatic rings. The summed E-state index contributed by atoms with van der Waals surface area (Å²) in [5.41, 5.74) is 13.0. The number of ether oxygens (including phenoxy) is 3. The van der Waals surface area contributed by atoms with Crippen molar-refractivity contribution in [3.8, 4) is 84.9 Å². The van der Waals surface area contributed by atoms with E-state index in [9.17, 15) is 0 Å².